The molecule has 8 nitrogen and oxygen atoms in total. The van der Waals surface area contributed by atoms with Crippen LogP contribution in [-0.2, 0) is 33.3 Å². The molecule has 0 radical (unpaired) electrons. The number of carbonyl (C=O) groups excluding carboxylic acids is 3. The van der Waals surface area contributed by atoms with Crippen molar-refractivity contribution in [2.75, 3.05) is 11.0 Å². The van der Waals surface area contributed by atoms with E-state index in [0.717, 1.165) is 5.04 Å². The van der Waals surface area contributed by atoms with Crippen LogP contribution in [0.4, 0.5) is 0 Å². The molecule has 0 unspecified atom stereocenters. The maximum absolute atomic E-state index is 11.5. The summed E-state index contributed by atoms with van der Waals surface area (Å²) in [5, 5.41) is 0.859. The number of rotatable bonds is 5. The van der Waals surface area contributed by atoms with Gasteiger partial charge in [0, 0.05) is 25.2 Å². The Bertz CT molecular complexity index is 555. The Morgan fingerprint density at radius 2 is 1.75 bits per heavy atom. The molecule has 0 bridgehead atoms. The fourth-order valence-corrected chi connectivity index (χ4v) is 4.32. The summed E-state index contributed by atoms with van der Waals surface area (Å²) in [7, 11) is 0. The van der Waals surface area contributed by atoms with E-state index in [1.807, 2.05) is 0 Å². The summed E-state index contributed by atoms with van der Waals surface area (Å²) in [6.45, 7) is 3.70. The summed E-state index contributed by atoms with van der Waals surface area (Å²) in [6, 6.07) is -0.471. The van der Waals surface area contributed by atoms with Gasteiger partial charge in [-0.25, -0.2) is 0 Å². The van der Waals surface area contributed by atoms with Gasteiger partial charge in [0.1, 0.15) is 24.2 Å². The van der Waals surface area contributed by atoms with E-state index < -0.39 is 42.3 Å². The predicted molar refractivity (Wildman–Crippen MR) is 94.1 cm³/mol. The minimum atomic E-state index is -0.898. The lowest BCUT2D eigenvalue weighted by Crippen LogP contribution is -2.59. The number of hydrogen-bond donors (Lipinski definition) is 0. The van der Waals surface area contributed by atoms with E-state index in [1.54, 1.807) is 0 Å². The summed E-state index contributed by atoms with van der Waals surface area (Å²) in [5.41, 5.74) is -0.383. The molecular weight excluding hydrogens is 453 g/mol. The molecular formula is C14H18INO7S. The van der Waals surface area contributed by atoms with Gasteiger partial charge in [-0.05, 0) is 0 Å². The Balaban J connectivity index is 2.27. The zero-order chi connectivity index (χ0) is 17.9. The van der Waals surface area contributed by atoms with Crippen molar-refractivity contribution in [3.8, 4) is 0 Å². The third-order valence-electron chi connectivity index (χ3n) is 3.33. The van der Waals surface area contributed by atoms with Gasteiger partial charge in [-0.15, -0.1) is 0 Å². The van der Waals surface area contributed by atoms with Gasteiger partial charge in [0.05, 0.1) is 5.04 Å². The highest BCUT2D eigenvalue weighted by molar-refractivity contribution is 14.1. The Morgan fingerprint density at radius 1 is 1.12 bits per heavy atom. The minimum absolute atomic E-state index is 0.103. The van der Waals surface area contributed by atoms with Gasteiger partial charge in [-0.2, -0.15) is 0 Å². The van der Waals surface area contributed by atoms with Crippen LogP contribution in [0, 0.1) is 0 Å². The second-order valence-electron chi connectivity index (χ2n) is 5.26. The third-order valence-corrected chi connectivity index (χ3v) is 5.71. The van der Waals surface area contributed by atoms with Crippen molar-refractivity contribution in [2.24, 2.45) is 4.99 Å². The van der Waals surface area contributed by atoms with Gasteiger partial charge in [-0.1, -0.05) is 34.4 Å². The molecule has 2 aliphatic rings. The average Bonchev–Trinajstić information content (AvgIpc) is 2.89. The third kappa shape index (κ3) is 4.82. The second kappa shape index (κ2) is 8.48. The molecule has 0 aliphatic carbocycles. The van der Waals surface area contributed by atoms with Crippen LogP contribution in [0.5, 0.6) is 0 Å². The zero-order valence-corrected chi connectivity index (χ0v) is 16.4. The molecule has 0 amide bonds. The molecule has 1 saturated heterocycles. The molecule has 134 valence electrons. The largest absolute Gasteiger partial charge is 0.463 e. The van der Waals surface area contributed by atoms with Crippen LogP contribution < -0.4 is 0 Å². The number of ether oxygens (including phenoxy) is 4. The van der Waals surface area contributed by atoms with Crippen molar-refractivity contribution in [1.29, 1.82) is 0 Å². The van der Waals surface area contributed by atoms with E-state index in [4.69, 9.17) is 18.9 Å². The predicted octanol–water partition coefficient (Wildman–Crippen LogP) is 1.09. The highest BCUT2D eigenvalue weighted by Crippen LogP contribution is 2.39. The van der Waals surface area contributed by atoms with Crippen LogP contribution >= 0.6 is 34.4 Å². The number of nitrogens with zero attached hydrogens (tertiary/aromatic N) is 1. The average molecular weight is 471 g/mol. The fraction of sp³-hybridized carbons (Fsp3) is 0.714. The zero-order valence-electron chi connectivity index (χ0n) is 13.4. The number of hydrogen-bond acceptors (Lipinski definition) is 9. The van der Waals surface area contributed by atoms with Gasteiger partial charge >= 0.3 is 17.9 Å². The van der Waals surface area contributed by atoms with E-state index in [-0.39, 0.29) is 12.0 Å². The van der Waals surface area contributed by atoms with Crippen molar-refractivity contribution >= 4 is 57.3 Å². The quantitative estimate of drug-likeness (QED) is 0.254. The van der Waals surface area contributed by atoms with Gasteiger partial charge in [0.15, 0.2) is 12.2 Å². The lowest BCUT2D eigenvalue weighted by atomic mass is 9.98. The molecule has 0 spiro atoms. The van der Waals surface area contributed by atoms with Gasteiger partial charge in [-0.3, -0.25) is 19.4 Å². The molecule has 2 rings (SSSR count). The van der Waals surface area contributed by atoms with E-state index in [9.17, 15) is 14.4 Å². The molecule has 0 aromatic carbocycles. The van der Waals surface area contributed by atoms with E-state index in [0.29, 0.717) is 4.43 Å². The number of alkyl halides is 1. The molecule has 0 saturated carbocycles. The number of halogens is 1. The number of aliphatic imine (C=N–C) groups is 1. The summed E-state index contributed by atoms with van der Waals surface area (Å²) in [5.74, 6) is -1.53. The minimum Gasteiger partial charge on any atom is -0.463 e. The maximum atomic E-state index is 11.5. The summed E-state index contributed by atoms with van der Waals surface area (Å²) in [6.07, 6.45) is -2.43. The molecule has 2 heterocycles. The Hall–Kier alpha value is -0.880. The number of esters is 3. The fourth-order valence-electron chi connectivity index (χ4n) is 2.52. The van der Waals surface area contributed by atoms with Crippen molar-refractivity contribution in [3.05, 3.63) is 0 Å². The van der Waals surface area contributed by atoms with Crippen LogP contribution in [0.25, 0.3) is 0 Å². The molecule has 1 fully saturated rings. The molecule has 0 N–H and O–H groups in total. The standard InChI is InChI=1S/C14H18INO7S/c1-6(17)20-5-9-12(21-7(2)18)13(22-8(3)19)11-14(23-9)24-10(4-15)16-11/h9,11-14H,4-5H2,1-3H3/t9-,11-,12-,13-,14-/m1/s1. The Labute approximate surface area is 157 Å². The molecule has 10 heteroatoms. The van der Waals surface area contributed by atoms with E-state index in [1.165, 1.54) is 32.5 Å². The maximum Gasteiger partial charge on any atom is 0.303 e. The first-order valence-corrected chi connectivity index (χ1v) is 9.65. The number of thioether (sulfide) groups is 1. The number of fused-ring (bicyclic) bond motifs is 1. The van der Waals surface area contributed by atoms with Gasteiger partial charge in [0.25, 0.3) is 0 Å². The molecule has 24 heavy (non-hydrogen) atoms. The summed E-state index contributed by atoms with van der Waals surface area (Å²) < 4.78 is 22.3. The first-order chi connectivity index (χ1) is 11.3. The van der Waals surface area contributed by atoms with Crippen molar-refractivity contribution in [1.82, 2.24) is 0 Å². The summed E-state index contributed by atoms with van der Waals surface area (Å²) >= 11 is 3.61. The van der Waals surface area contributed by atoms with Crippen LogP contribution in [0.3, 0.4) is 0 Å². The van der Waals surface area contributed by atoms with E-state index >= 15 is 0 Å². The van der Waals surface area contributed by atoms with Crippen LogP contribution in [0.2, 0.25) is 0 Å². The van der Waals surface area contributed by atoms with Crippen molar-refractivity contribution in [3.63, 3.8) is 0 Å². The first kappa shape index (κ1) is 19.4. The van der Waals surface area contributed by atoms with Crippen LogP contribution in [0.15, 0.2) is 4.99 Å². The molecule has 2 aliphatic heterocycles. The highest BCUT2D eigenvalue weighted by atomic mass is 127. The van der Waals surface area contributed by atoms with Crippen LogP contribution in [-0.4, -0.2) is 63.8 Å². The lowest BCUT2D eigenvalue weighted by molar-refractivity contribution is -0.208. The normalized spacial score (nSPS) is 31.7. The SMILES string of the molecule is CC(=O)OC[C@H]1O[C@@H]2SC(CI)=N[C@@H]2[C@@H](OC(C)=O)[C@@H]1OC(C)=O. The molecule has 0 aromatic heterocycles. The van der Waals surface area contributed by atoms with E-state index in [2.05, 4.69) is 27.6 Å². The molecule has 0 aromatic rings. The smallest absolute Gasteiger partial charge is 0.303 e. The Kier molecular flexibility index (Phi) is 6.87. The highest BCUT2D eigenvalue weighted by Gasteiger charge is 2.52. The molecule has 5 atom stereocenters. The van der Waals surface area contributed by atoms with Crippen molar-refractivity contribution in [2.45, 2.75) is 50.6 Å². The second-order valence-corrected chi connectivity index (χ2v) is 7.19. The summed E-state index contributed by atoms with van der Waals surface area (Å²) in [4.78, 5) is 38.6. The first-order valence-electron chi connectivity index (χ1n) is 7.24. The monoisotopic (exact) mass is 471 g/mol. The Morgan fingerprint density at radius 3 is 2.29 bits per heavy atom. The van der Waals surface area contributed by atoms with Gasteiger partial charge in [0.2, 0.25) is 0 Å². The number of carbonyl (C=O) groups is 3. The van der Waals surface area contributed by atoms with Crippen LogP contribution in [0.1, 0.15) is 20.8 Å². The van der Waals surface area contributed by atoms with Crippen molar-refractivity contribution < 1.29 is 33.3 Å². The topological polar surface area (TPSA) is 100 Å². The van der Waals surface area contributed by atoms with Gasteiger partial charge < -0.3 is 18.9 Å². The lowest BCUT2D eigenvalue weighted by Gasteiger charge is -2.41.